The van der Waals surface area contributed by atoms with E-state index < -0.39 is 0 Å². The summed E-state index contributed by atoms with van der Waals surface area (Å²) in [6, 6.07) is 20.5. The number of benzene rings is 3. The van der Waals surface area contributed by atoms with Crippen molar-refractivity contribution < 1.29 is 0 Å². The summed E-state index contributed by atoms with van der Waals surface area (Å²) in [5.74, 6) is 0. The lowest BCUT2D eigenvalue weighted by molar-refractivity contribution is 1.27. The minimum Gasteiger partial charge on any atom is -0.238 e. The molecule has 0 bridgehead atoms. The van der Waals surface area contributed by atoms with Crippen molar-refractivity contribution in [3.05, 3.63) is 111 Å². The van der Waals surface area contributed by atoms with E-state index in [1.54, 1.807) is 0 Å². The molecule has 3 rings (SSSR count). The Morgan fingerprint density at radius 3 is 1.33 bits per heavy atom. The van der Waals surface area contributed by atoms with E-state index in [9.17, 15) is 0 Å². The normalized spacial score (nSPS) is 9.26. The Kier molecular flexibility index (Phi) is 9.03. The molecule has 0 aromatic heterocycles. The van der Waals surface area contributed by atoms with Gasteiger partial charge in [-0.05, 0) is 76.3 Å². The molecule has 140 valence electrons. The van der Waals surface area contributed by atoms with Gasteiger partial charge in [0.15, 0.2) is 5.69 Å². The zero-order chi connectivity index (χ0) is 20.4. The SMILES string of the molecule is Cc1cccc(C)c1C.Cc1ccccc1C.[C-]#[N+]c1ccc(C)c(C)c1. The fraction of sp³-hybridized carbons (Fsp3) is 0.269. The molecule has 1 heteroatoms. The number of aryl methyl sites for hydroxylation is 6. The highest BCUT2D eigenvalue weighted by Crippen LogP contribution is 2.16. The van der Waals surface area contributed by atoms with Gasteiger partial charge in [0, 0.05) is 0 Å². The molecule has 0 atom stereocenters. The van der Waals surface area contributed by atoms with Crippen molar-refractivity contribution in [2.24, 2.45) is 0 Å². The summed E-state index contributed by atoms with van der Waals surface area (Å²) in [7, 11) is 0. The van der Waals surface area contributed by atoms with Crippen LogP contribution >= 0.6 is 0 Å². The van der Waals surface area contributed by atoms with E-state index in [2.05, 4.69) is 81.9 Å². The maximum atomic E-state index is 6.74. The van der Waals surface area contributed by atoms with Crippen molar-refractivity contribution in [3.63, 3.8) is 0 Å². The molecule has 0 amide bonds. The fourth-order valence-electron chi connectivity index (χ4n) is 2.36. The molecule has 27 heavy (non-hydrogen) atoms. The number of hydrogen-bond acceptors (Lipinski definition) is 0. The molecule has 0 fully saturated rings. The van der Waals surface area contributed by atoms with Gasteiger partial charge < -0.3 is 0 Å². The molecule has 0 saturated heterocycles. The zero-order valence-electron chi connectivity index (χ0n) is 17.7. The maximum absolute atomic E-state index is 6.74. The summed E-state index contributed by atoms with van der Waals surface area (Å²) >= 11 is 0. The first-order chi connectivity index (χ1) is 12.8. The largest absolute Gasteiger partial charge is 0.238 e. The molecule has 3 aromatic carbocycles. The summed E-state index contributed by atoms with van der Waals surface area (Å²) < 4.78 is 0. The van der Waals surface area contributed by atoms with Gasteiger partial charge in [-0.2, -0.15) is 0 Å². The van der Waals surface area contributed by atoms with Gasteiger partial charge in [-0.3, -0.25) is 0 Å². The first-order valence-corrected chi connectivity index (χ1v) is 9.26. The molecule has 0 aliphatic rings. The van der Waals surface area contributed by atoms with E-state index in [1.165, 1.54) is 38.9 Å². The van der Waals surface area contributed by atoms with Crippen LogP contribution < -0.4 is 0 Å². The van der Waals surface area contributed by atoms with Crippen LogP contribution in [-0.4, -0.2) is 0 Å². The van der Waals surface area contributed by atoms with Gasteiger partial charge in [-0.25, -0.2) is 4.85 Å². The van der Waals surface area contributed by atoms with Crippen molar-refractivity contribution in [2.75, 3.05) is 0 Å². The Bertz CT molecular complexity index is 872. The highest BCUT2D eigenvalue weighted by atomic mass is 14.6. The Labute approximate surface area is 165 Å². The third-order valence-electron chi connectivity index (χ3n) is 4.92. The van der Waals surface area contributed by atoms with Crippen molar-refractivity contribution in [3.8, 4) is 0 Å². The van der Waals surface area contributed by atoms with Gasteiger partial charge in [0.1, 0.15) is 0 Å². The number of hydrogen-bond donors (Lipinski definition) is 0. The zero-order valence-corrected chi connectivity index (χ0v) is 17.7. The summed E-state index contributed by atoms with van der Waals surface area (Å²) in [5, 5.41) is 0. The molecule has 0 aliphatic carbocycles. The maximum Gasteiger partial charge on any atom is 0.187 e. The highest BCUT2D eigenvalue weighted by Gasteiger charge is 1.93. The predicted octanol–water partition coefficient (Wildman–Crippen LogP) is 7.77. The van der Waals surface area contributed by atoms with Gasteiger partial charge in [0.2, 0.25) is 0 Å². The minimum absolute atomic E-state index is 0.725. The smallest absolute Gasteiger partial charge is 0.187 e. The van der Waals surface area contributed by atoms with Crippen LogP contribution in [0.15, 0.2) is 60.7 Å². The van der Waals surface area contributed by atoms with E-state index in [-0.39, 0.29) is 0 Å². The molecule has 0 spiro atoms. The molecular weight excluding hydrogens is 326 g/mol. The molecule has 3 aromatic rings. The summed E-state index contributed by atoms with van der Waals surface area (Å²) in [6.07, 6.45) is 0. The third kappa shape index (κ3) is 7.50. The quantitative estimate of drug-likeness (QED) is 0.362. The Morgan fingerprint density at radius 2 is 0.963 bits per heavy atom. The minimum atomic E-state index is 0.725. The molecule has 0 aliphatic heterocycles. The predicted molar refractivity (Wildman–Crippen MR) is 119 cm³/mol. The number of nitrogens with zero attached hydrogens (tertiary/aromatic N) is 1. The van der Waals surface area contributed by atoms with Crippen LogP contribution in [-0.2, 0) is 0 Å². The van der Waals surface area contributed by atoms with E-state index in [1.807, 2.05) is 32.0 Å². The molecule has 1 nitrogen and oxygen atoms in total. The van der Waals surface area contributed by atoms with E-state index in [4.69, 9.17) is 6.57 Å². The van der Waals surface area contributed by atoms with Crippen LogP contribution in [0.2, 0.25) is 0 Å². The van der Waals surface area contributed by atoms with Gasteiger partial charge in [-0.15, -0.1) is 0 Å². The van der Waals surface area contributed by atoms with Gasteiger partial charge in [0.25, 0.3) is 0 Å². The van der Waals surface area contributed by atoms with Gasteiger partial charge in [0.05, 0.1) is 6.57 Å². The third-order valence-corrected chi connectivity index (χ3v) is 4.92. The van der Waals surface area contributed by atoms with Crippen LogP contribution in [0.3, 0.4) is 0 Å². The second kappa shape index (κ2) is 11.0. The average molecular weight is 358 g/mol. The molecule has 0 N–H and O–H groups in total. The Balaban J connectivity index is 0.000000204. The van der Waals surface area contributed by atoms with Gasteiger partial charge in [-0.1, -0.05) is 71.8 Å². The molecule has 0 heterocycles. The van der Waals surface area contributed by atoms with Crippen LogP contribution in [0.4, 0.5) is 5.69 Å². The van der Waals surface area contributed by atoms with E-state index in [0.29, 0.717) is 0 Å². The van der Waals surface area contributed by atoms with Crippen molar-refractivity contribution >= 4 is 5.69 Å². The first-order valence-electron chi connectivity index (χ1n) is 9.26. The molecular formula is C26H31N. The topological polar surface area (TPSA) is 4.36 Å². The molecule has 0 radical (unpaired) electrons. The Hall–Kier alpha value is -2.85. The standard InChI is InChI=1S/C9H9N.C9H12.C8H10/c1-7-4-5-9(10-3)6-8(7)2;1-7-5-4-6-8(2)9(7)3;1-7-5-3-4-6-8(7)2/h4-6H,1-2H3;4-6H,1-3H3;3-6H,1-2H3. The van der Waals surface area contributed by atoms with Crippen LogP contribution in [0.5, 0.6) is 0 Å². The summed E-state index contributed by atoms with van der Waals surface area (Å²) in [6.45, 7) is 21.5. The monoisotopic (exact) mass is 357 g/mol. The summed E-state index contributed by atoms with van der Waals surface area (Å²) in [4.78, 5) is 3.32. The molecule has 0 unspecified atom stereocenters. The van der Waals surface area contributed by atoms with Gasteiger partial charge >= 0.3 is 0 Å². The van der Waals surface area contributed by atoms with Crippen LogP contribution in [0, 0.1) is 55.0 Å². The second-order valence-corrected chi connectivity index (χ2v) is 6.98. The average Bonchev–Trinajstić information content (AvgIpc) is 2.65. The van der Waals surface area contributed by atoms with Crippen molar-refractivity contribution in [2.45, 2.75) is 48.5 Å². The second-order valence-electron chi connectivity index (χ2n) is 6.98. The molecule has 0 saturated carbocycles. The lowest BCUT2D eigenvalue weighted by Gasteiger charge is -2.00. The van der Waals surface area contributed by atoms with Crippen LogP contribution in [0.25, 0.3) is 4.85 Å². The summed E-state index contributed by atoms with van der Waals surface area (Å²) in [5.41, 5.74) is 10.1. The lowest BCUT2D eigenvalue weighted by atomic mass is 10.1. The van der Waals surface area contributed by atoms with E-state index >= 15 is 0 Å². The highest BCUT2D eigenvalue weighted by molar-refractivity contribution is 5.48. The van der Waals surface area contributed by atoms with Crippen molar-refractivity contribution in [1.29, 1.82) is 0 Å². The van der Waals surface area contributed by atoms with Crippen molar-refractivity contribution in [1.82, 2.24) is 0 Å². The Morgan fingerprint density at radius 1 is 0.519 bits per heavy atom. The van der Waals surface area contributed by atoms with Crippen LogP contribution in [0.1, 0.15) is 38.9 Å². The van der Waals surface area contributed by atoms with E-state index in [0.717, 1.165) is 5.69 Å². The fourth-order valence-corrected chi connectivity index (χ4v) is 2.36. The first kappa shape index (κ1) is 22.2. The lowest BCUT2D eigenvalue weighted by Crippen LogP contribution is -1.82. The number of rotatable bonds is 0.